The van der Waals surface area contributed by atoms with Gasteiger partial charge in [0.15, 0.2) is 0 Å². The second-order valence-corrected chi connectivity index (χ2v) is 3.88. The lowest BCUT2D eigenvalue weighted by Crippen LogP contribution is -1.90. The highest BCUT2D eigenvalue weighted by Crippen LogP contribution is 2.28. The normalized spacial score (nSPS) is 14.8. The first kappa shape index (κ1) is 11.3. The van der Waals surface area contributed by atoms with Crippen molar-refractivity contribution in [3.8, 4) is 0 Å². The zero-order chi connectivity index (χ0) is 10.4. The minimum atomic E-state index is 1.19. The van der Waals surface area contributed by atoms with Gasteiger partial charge in [-0.15, -0.1) is 0 Å². The summed E-state index contributed by atoms with van der Waals surface area (Å²) in [4.78, 5) is 0. The molecule has 0 fully saturated rings. The minimum Gasteiger partial charge on any atom is -0.0654 e. The fourth-order valence-electron chi connectivity index (χ4n) is 2.02. The van der Waals surface area contributed by atoms with Gasteiger partial charge in [0.2, 0.25) is 0 Å². The standard InChI is InChI=1S/C14H22/c1-4-7-9-13-10-8-11-14(13)12(5-2)6-3/h8,10-11H,4-7,9H2,1-3H3. The summed E-state index contributed by atoms with van der Waals surface area (Å²) in [5.41, 5.74) is 4.70. The third-order valence-corrected chi connectivity index (χ3v) is 2.94. The molecule has 0 saturated carbocycles. The van der Waals surface area contributed by atoms with Crippen LogP contribution in [-0.4, -0.2) is 0 Å². The van der Waals surface area contributed by atoms with Crippen LogP contribution in [0.1, 0.15) is 52.9 Å². The van der Waals surface area contributed by atoms with Gasteiger partial charge >= 0.3 is 0 Å². The number of rotatable bonds is 5. The smallest absolute Gasteiger partial charge is 0.0233 e. The van der Waals surface area contributed by atoms with E-state index in [1.165, 1.54) is 37.7 Å². The molecule has 1 aliphatic rings. The largest absolute Gasteiger partial charge is 0.0654 e. The van der Waals surface area contributed by atoms with Gasteiger partial charge in [-0.2, -0.15) is 0 Å². The van der Waals surface area contributed by atoms with Crippen molar-refractivity contribution >= 4 is 0 Å². The first-order chi connectivity index (χ1) is 6.83. The van der Waals surface area contributed by atoms with Crippen LogP contribution in [0.3, 0.4) is 0 Å². The SMILES string of the molecule is CCCCC1=CC=CC1=C(CC)CC. The Balaban J connectivity index is 2.74. The van der Waals surface area contributed by atoms with E-state index in [-0.39, 0.29) is 0 Å². The van der Waals surface area contributed by atoms with Gasteiger partial charge in [0.25, 0.3) is 0 Å². The van der Waals surface area contributed by atoms with Crippen LogP contribution in [0.2, 0.25) is 0 Å². The molecular weight excluding hydrogens is 168 g/mol. The molecule has 0 aromatic rings. The van der Waals surface area contributed by atoms with Gasteiger partial charge in [-0.3, -0.25) is 0 Å². The molecule has 1 rings (SSSR count). The van der Waals surface area contributed by atoms with Crippen LogP contribution in [-0.2, 0) is 0 Å². The van der Waals surface area contributed by atoms with Gasteiger partial charge in [0.05, 0.1) is 0 Å². The molecule has 0 amide bonds. The van der Waals surface area contributed by atoms with E-state index in [1.807, 2.05) is 0 Å². The monoisotopic (exact) mass is 190 g/mol. The van der Waals surface area contributed by atoms with Gasteiger partial charge in [-0.25, -0.2) is 0 Å². The van der Waals surface area contributed by atoms with Crippen LogP contribution in [0.5, 0.6) is 0 Å². The van der Waals surface area contributed by atoms with Crippen molar-refractivity contribution < 1.29 is 0 Å². The quantitative estimate of drug-likeness (QED) is 0.584. The lowest BCUT2D eigenvalue weighted by molar-refractivity contribution is 0.791. The maximum atomic E-state index is 2.29. The summed E-state index contributed by atoms with van der Waals surface area (Å²) in [6.45, 7) is 6.78. The summed E-state index contributed by atoms with van der Waals surface area (Å²) in [6.07, 6.45) is 13.0. The minimum absolute atomic E-state index is 1.19. The van der Waals surface area contributed by atoms with Crippen molar-refractivity contribution in [3.63, 3.8) is 0 Å². The molecule has 0 atom stereocenters. The summed E-state index contributed by atoms with van der Waals surface area (Å²) in [5, 5.41) is 0. The molecule has 1 aliphatic carbocycles. The molecule has 0 aliphatic heterocycles. The summed E-state index contributed by atoms with van der Waals surface area (Å²) in [7, 11) is 0. The van der Waals surface area contributed by atoms with Crippen LogP contribution in [0.4, 0.5) is 0 Å². The Kier molecular flexibility index (Phi) is 4.72. The van der Waals surface area contributed by atoms with Crippen molar-refractivity contribution in [2.75, 3.05) is 0 Å². The lowest BCUT2D eigenvalue weighted by atomic mass is 9.96. The maximum Gasteiger partial charge on any atom is -0.0233 e. The Morgan fingerprint density at radius 2 is 1.86 bits per heavy atom. The van der Waals surface area contributed by atoms with E-state index in [0.717, 1.165) is 0 Å². The molecule has 0 saturated heterocycles. The van der Waals surface area contributed by atoms with E-state index in [9.17, 15) is 0 Å². The van der Waals surface area contributed by atoms with Crippen LogP contribution in [0.25, 0.3) is 0 Å². The summed E-state index contributed by atoms with van der Waals surface area (Å²) in [6, 6.07) is 0. The Hall–Kier alpha value is -0.780. The molecule has 0 bridgehead atoms. The van der Waals surface area contributed by atoms with Gasteiger partial charge in [0, 0.05) is 0 Å². The Morgan fingerprint density at radius 3 is 2.43 bits per heavy atom. The van der Waals surface area contributed by atoms with E-state index in [4.69, 9.17) is 0 Å². The molecular formula is C14H22. The van der Waals surface area contributed by atoms with Gasteiger partial charge in [-0.1, -0.05) is 51.0 Å². The Bertz CT molecular complexity index is 258. The highest BCUT2D eigenvalue weighted by Gasteiger charge is 2.09. The number of unbranched alkanes of at least 4 members (excludes halogenated alkanes) is 1. The molecule has 14 heavy (non-hydrogen) atoms. The van der Waals surface area contributed by atoms with Crippen LogP contribution in [0, 0.1) is 0 Å². The van der Waals surface area contributed by atoms with Gasteiger partial charge in [0.1, 0.15) is 0 Å². The molecule has 0 aromatic carbocycles. The summed E-state index contributed by atoms with van der Waals surface area (Å²) >= 11 is 0. The average Bonchev–Trinajstić information content (AvgIpc) is 2.65. The van der Waals surface area contributed by atoms with Crippen molar-refractivity contribution in [1.82, 2.24) is 0 Å². The van der Waals surface area contributed by atoms with Crippen molar-refractivity contribution in [2.24, 2.45) is 0 Å². The zero-order valence-electron chi connectivity index (χ0n) is 9.77. The predicted octanol–water partition coefficient (Wildman–Crippen LogP) is 4.79. The highest BCUT2D eigenvalue weighted by molar-refractivity contribution is 5.50. The Labute approximate surface area is 88.4 Å². The lowest BCUT2D eigenvalue weighted by Gasteiger charge is -2.10. The van der Waals surface area contributed by atoms with Crippen molar-refractivity contribution in [2.45, 2.75) is 52.9 Å². The fourth-order valence-corrected chi connectivity index (χ4v) is 2.02. The maximum absolute atomic E-state index is 2.29. The summed E-state index contributed by atoms with van der Waals surface area (Å²) in [5.74, 6) is 0. The first-order valence-electron chi connectivity index (χ1n) is 5.93. The number of hydrogen-bond acceptors (Lipinski definition) is 0. The van der Waals surface area contributed by atoms with Crippen LogP contribution in [0.15, 0.2) is 34.9 Å². The van der Waals surface area contributed by atoms with E-state index in [1.54, 1.807) is 11.1 Å². The topological polar surface area (TPSA) is 0 Å². The molecule has 0 spiro atoms. The predicted molar refractivity (Wildman–Crippen MR) is 64.4 cm³/mol. The molecule has 0 heteroatoms. The van der Waals surface area contributed by atoms with Crippen LogP contribution >= 0.6 is 0 Å². The average molecular weight is 190 g/mol. The molecule has 0 radical (unpaired) electrons. The van der Waals surface area contributed by atoms with E-state index in [2.05, 4.69) is 39.0 Å². The second kappa shape index (κ2) is 5.85. The molecule has 0 N–H and O–H groups in total. The molecule has 0 nitrogen and oxygen atoms in total. The van der Waals surface area contributed by atoms with Crippen molar-refractivity contribution in [1.29, 1.82) is 0 Å². The highest BCUT2D eigenvalue weighted by atomic mass is 14.1. The fraction of sp³-hybridized carbons (Fsp3) is 0.571. The first-order valence-corrected chi connectivity index (χ1v) is 5.93. The third kappa shape index (κ3) is 2.60. The van der Waals surface area contributed by atoms with E-state index >= 15 is 0 Å². The van der Waals surface area contributed by atoms with E-state index < -0.39 is 0 Å². The molecule has 78 valence electrons. The third-order valence-electron chi connectivity index (χ3n) is 2.94. The molecule has 0 heterocycles. The molecule has 0 aromatic heterocycles. The number of allylic oxidation sites excluding steroid dienone is 6. The zero-order valence-corrected chi connectivity index (χ0v) is 9.77. The Morgan fingerprint density at radius 1 is 1.14 bits per heavy atom. The summed E-state index contributed by atoms with van der Waals surface area (Å²) < 4.78 is 0. The molecule has 0 unspecified atom stereocenters. The second-order valence-electron chi connectivity index (χ2n) is 3.88. The number of hydrogen-bond donors (Lipinski definition) is 0. The van der Waals surface area contributed by atoms with Crippen LogP contribution < -0.4 is 0 Å². The van der Waals surface area contributed by atoms with Gasteiger partial charge in [-0.05, 0) is 36.8 Å². The van der Waals surface area contributed by atoms with E-state index in [0.29, 0.717) is 0 Å². The van der Waals surface area contributed by atoms with Gasteiger partial charge < -0.3 is 0 Å². The van der Waals surface area contributed by atoms with Crippen molar-refractivity contribution in [3.05, 3.63) is 34.9 Å².